The minimum absolute atomic E-state index is 0.297. The van der Waals surface area contributed by atoms with Gasteiger partial charge in [-0.1, -0.05) is 91.3 Å². The number of nitrogens with two attached hydrogens (primary N) is 1. The monoisotopic (exact) mass is 373 g/mol. The third-order valence-electron chi connectivity index (χ3n) is 5.36. The van der Waals surface area contributed by atoms with Crippen LogP contribution in [-0.4, -0.2) is 0 Å². The molecule has 0 aromatic heterocycles. The van der Waals surface area contributed by atoms with E-state index in [0.717, 1.165) is 11.3 Å². The molecule has 0 heterocycles. The van der Waals surface area contributed by atoms with Crippen molar-refractivity contribution < 1.29 is 0 Å². The standard InChI is InChI=1S/C27H35N/c1-21(11-7-13-24-15-17-25(28)18-16-24)9-6-10-22(2)14-19-26-23(3)12-8-20-27(26,4)5/h6-7,9-11,13-19H,8,12,20,28H2,1-5H3/b9-6+,13-7+,19-14+,21-11+,22-10+. The first kappa shape index (κ1) is 21.8. The fourth-order valence-electron chi connectivity index (χ4n) is 3.61. The van der Waals surface area contributed by atoms with Crippen molar-refractivity contribution in [3.05, 3.63) is 94.7 Å². The van der Waals surface area contributed by atoms with Crippen molar-refractivity contribution in [1.29, 1.82) is 0 Å². The zero-order chi connectivity index (χ0) is 20.6. The smallest absolute Gasteiger partial charge is 0.0314 e. The van der Waals surface area contributed by atoms with Gasteiger partial charge < -0.3 is 5.73 Å². The highest BCUT2D eigenvalue weighted by Gasteiger charge is 2.26. The Kier molecular flexibility index (Phi) is 7.87. The molecule has 2 N–H and O–H groups in total. The van der Waals surface area contributed by atoms with Gasteiger partial charge in [-0.15, -0.1) is 0 Å². The van der Waals surface area contributed by atoms with Gasteiger partial charge in [-0.2, -0.15) is 0 Å². The normalized spacial score (nSPS) is 18.8. The molecule has 1 aliphatic carbocycles. The molecule has 0 atom stereocenters. The van der Waals surface area contributed by atoms with Gasteiger partial charge in [0.05, 0.1) is 0 Å². The Labute approximate surface area is 171 Å². The molecule has 1 heteroatoms. The molecule has 1 aromatic carbocycles. The SMILES string of the molecule is CC1=C(/C=C/C(C)=C/C=C/C(C)=C/C=C/c2ccc(N)cc2)C(C)(C)CCC1. The van der Waals surface area contributed by atoms with E-state index < -0.39 is 0 Å². The molecule has 0 radical (unpaired) electrons. The number of rotatable bonds is 6. The lowest BCUT2D eigenvalue weighted by Crippen LogP contribution is -2.19. The van der Waals surface area contributed by atoms with Gasteiger partial charge in [0.2, 0.25) is 0 Å². The predicted molar refractivity (Wildman–Crippen MR) is 126 cm³/mol. The number of benzene rings is 1. The summed E-state index contributed by atoms with van der Waals surface area (Å²) in [6, 6.07) is 7.88. The molecular weight excluding hydrogens is 338 g/mol. The van der Waals surface area contributed by atoms with Crippen LogP contribution in [0.2, 0.25) is 0 Å². The van der Waals surface area contributed by atoms with Crippen molar-refractivity contribution in [3.8, 4) is 0 Å². The molecule has 0 fully saturated rings. The molecule has 1 nitrogen and oxygen atoms in total. The van der Waals surface area contributed by atoms with E-state index in [-0.39, 0.29) is 0 Å². The Bertz CT molecular complexity index is 837. The van der Waals surface area contributed by atoms with E-state index in [0.29, 0.717) is 5.41 Å². The average molecular weight is 374 g/mol. The fourth-order valence-corrected chi connectivity index (χ4v) is 3.61. The molecule has 2 rings (SSSR count). The molecule has 0 saturated heterocycles. The van der Waals surface area contributed by atoms with Gasteiger partial charge in [-0.25, -0.2) is 0 Å². The molecule has 0 bridgehead atoms. The van der Waals surface area contributed by atoms with Crippen LogP contribution in [0.4, 0.5) is 5.69 Å². The van der Waals surface area contributed by atoms with Gasteiger partial charge in [0.25, 0.3) is 0 Å². The van der Waals surface area contributed by atoms with Gasteiger partial charge in [-0.05, 0) is 68.7 Å². The van der Waals surface area contributed by atoms with Crippen LogP contribution in [-0.2, 0) is 0 Å². The topological polar surface area (TPSA) is 26.0 Å². The van der Waals surface area contributed by atoms with E-state index in [1.54, 1.807) is 5.57 Å². The Morgan fingerprint density at radius 3 is 2.25 bits per heavy atom. The summed E-state index contributed by atoms with van der Waals surface area (Å²) in [6.07, 6.45) is 21.1. The van der Waals surface area contributed by atoms with Gasteiger partial charge in [0.1, 0.15) is 0 Å². The lowest BCUT2D eigenvalue weighted by molar-refractivity contribution is 0.377. The van der Waals surface area contributed by atoms with E-state index >= 15 is 0 Å². The number of allylic oxidation sites excluding steroid dienone is 11. The van der Waals surface area contributed by atoms with Crippen LogP contribution in [0.1, 0.15) is 59.4 Å². The molecular formula is C27H35N. The number of hydrogen-bond acceptors (Lipinski definition) is 1. The van der Waals surface area contributed by atoms with Crippen LogP contribution >= 0.6 is 0 Å². The van der Waals surface area contributed by atoms with Crippen LogP contribution in [0.5, 0.6) is 0 Å². The van der Waals surface area contributed by atoms with E-state index in [1.807, 2.05) is 24.3 Å². The summed E-state index contributed by atoms with van der Waals surface area (Å²) in [4.78, 5) is 0. The highest BCUT2D eigenvalue weighted by Crippen LogP contribution is 2.40. The maximum Gasteiger partial charge on any atom is 0.0314 e. The Balaban J connectivity index is 1.95. The van der Waals surface area contributed by atoms with E-state index in [9.17, 15) is 0 Å². The summed E-state index contributed by atoms with van der Waals surface area (Å²) in [5.41, 5.74) is 13.5. The number of hydrogen-bond donors (Lipinski definition) is 1. The highest BCUT2D eigenvalue weighted by molar-refractivity contribution is 5.55. The van der Waals surface area contributed by atoms with Crippen LogP contribution < -0.4 is 5.73 Å². The van der Waals surface area contributed by atoms with Crippen molar-refractivity contribution in [2.24, 2.45) is 5.41 Å². The van der Waals surface area contributed by atoms with Crippen LogP contribution in [0.25, 0.3) is 6.08 Å². The van der Waals surface area contributed by atoms with Crippen molar-refractivity contribution in [1.82, 2.24) is 0 Å². The first-order chi connectivity index (χ1) is 13.3. The quantitative estimate of drug-likeness (QED) is 0.399. The maximum atomic E-state index is 5.71. The molecule has 1 aromatic rings. The minimum atomic E-state index is 0.297. The minimum Gasteiger partial charge on any atom is -0.399 e. The molecule has 0 unspecified atom stereocenters. The van der Waals surface area contributed by atoms with Crippen LogP contribution in [0.3, 0.4) is 0 Å². The van der Waals surface area contributed by atoms with Gasteiger partial charge >= 0.3 is 0 Å². The predicted octanol–water partition coefficient (Wildman–Crippen LogP) is 7.81. The van der Waals surface area contributed by atoms with Gasteiger partial charge in [-0.3, -0.25) is 0 Å². The molecule has 0 spiro atoms. The van der Waals surface area contributed by atoms with E-state index in [2.05, 4.69) is 83.2 Å². The molecule has 28 heavy (non-hydrogen) atoms. The van der Waals surface area contributed by atoms with Crippen LogP contribution in [0.15, 0.2) is 89.1 Å². The largest absolute Gasteiger partial charge is 0.399 e. The maximum absolute atomic E-state index is 5.71. The number of nitrogen functional groups attached to an aromatic ring is 1. The Hall–Kier alpha value is -2.54. The van der Waals surface area contributed by atoms with Gasteiger partial charge in [0, 0.05) is 5.69 Å². The first-order valence-electron chi connectivity index (χ1n) is 10.2. The summed E-state index contributed by atoms with van der Waals surface area (Å²) in [5.74, 6) is 0. The Morgan fingerprint density at radius 1 is 0.929 bits per heavy atom. The second-order valence-electron chi connectivity index (χ2n) is 8.47. The summed E-state index contributed by atoms with van der Waals surface area (Å²) < 4.78 is 0. The summed E-state index contributed by atoms with van der Waals surface area (Å²) >= 11 is 0. The average Bonchev–Trinajstić information content (AvgIpc) is 2.62. The van der Waals surface area contributed by atoms with Crippen LogP contribution in [0, 0.1) is 5.41 Å². The van der Waals surface area contributed by atoms with Crippen molar-refractivity contribution in [2.75, 3.05) is 5.73 Å². The van der Waals surface area contributed by atoms with Crippen molar-refractivity contribution in [3.63, 3.8) is 0 Å². The molecule has 0 aliphatic heterocycles. The summed E-state index contributed by atoms with van der Waals surface area (Å²) in [7, 11) is 0. The lowest BCUT2D eigenvalue weighted by Gasteiger charge is -2.32. The molecule has 1 aliphatic rings. The van der Waals surface area contributed by atoms with Crippen molar-refractivity contribution in [2.45, 2.75) is 53.9 Å². The second kappa shape index (κ2) is 10.1. The highest BCUT2D eigenvalue weighted by atomic mass is 14.5. The first-order valence-corrected chi connectivity index (χ1v) is 10.2. The van der Waals surface area contributed by atoms with Crippen molar-refractivity contribution >= 4 is 11.8 Å². The number of anilines is 1. The summed E-state index contributed by atoms with van der Waals surface area (Å²) in [6.45, 7) is 11.3. The zero-order valence-corrected chi connectivity index (χ0v) is 18.1. The zero-order valence-electron chi connectivity index (χ0n) is 18.1. The lowest BCUT2D eigenvalue weighted by atomic mass is 9.72. The fraction of sp³-hybridized carbons (Fsp3) is 0.333. The molecule has 0 amide bonds. The van der Waals surface area contributed by atoms with E-state index in [4.69, 9.17) is 5.73 Å². The van der Waals surface area contributed by atoms with E-state index in [1.165, 1.54) is 36.0 Å². The molecule has 148 valence electrons. The summed E-state index contributed by atoms with van der Waals surface area (Å²) in [5, 5.41) is 0. The molecule has 0 saturated carbocycles. The second-order valence-corrected chi connectivity index (χ2v) is 8.47. The third kappa shape index (κ3) is 6.88. The Morgan fingerprint density at radius 2 is 1.57 bits per heavy atom. The van der Waals surface area contributed by atoms with Gasteiger partial charge in [0.15, 0.2) is 0 Å². The third-order valence-corrected chi connectivity index (χ3v) is 5.36.